The van der Waals surface area contributed by atoms with Crippen LogP contribution in [0.15, 0.2) is 4.52 Å². The van der Waals surface area contributed by atoms with Crippen LogP contribution >= 0.6 is 0 Å². The van der Waals surface area contributed by atoms with Gasteiger partial charge in [-0.15, -0.1) is 0 Å². The maximum atomic E-state index is 12.4. The van der Waals surface area contributed by atoms with E-state index in [9.17, 15) is 9.90 Å². The Morgan fingerprint density at radius 2 is 2.09 bits per heavy atom. The van der Waals surface area contributed by atoms with Gasteiger partial charge in [0.05, 0.1) is 11.7 Å². The molecule has 0 bridgehead atoms. The summed E-state index contributed by atoms with van der Waals surface area (Å²) in [4.78, 5) is 12.4. The number of carbonyl (C=O) groups is 1. The molecular weight excluding hydrogens is 294 g/mol. The summed E-state index contributed by atoms with van der Waals surface area (Å²) in [6.07, 6.45) is 6.07. The van der Waals surface area contributed by atoms with Crippen LogP contribution in [-0.4, -0.2) is 28.9 Å². The lowest BCUT2D eigenvalue weighted by atomic mass is 9.96. The summed E-state index contributed by atoms with van der Waals surface area (Å²) < 4.78 is 5.21. The highest BCUT2D eigenvalue weighted by Crippen LogP contribution is 2.25. The van der Waals surface area contributed by atoms with E-state index in [-0.39, 0.29) is 30.6 Å². The number of rotatable bonds is 5. The van der Waals surface area contributed by atoms with Crippen molar-refractivity contribution in [2.45, 2.75) is 71.4 Å². The molecule has 1 aromatic rings. The largest absolute Gasteiger partial charge is 0.396 e. The molecule has 130 valence electrons. The zero-order valence-corrected chi connectivity index (χ0v) is 14.4. The molecule has 1 aliphatic rings. The first-order valence-electron chi connectivity index (χ1n) is 8.67. The molecule has 3 N–H and O–H groups in total. The summed E-state index contributed by atoms with van der Waals surface area (Å²) in [6.45, 7) is 5.91. The second-order valence-electron chi connectivity index (χ2n) is 6.50. The predicted octanol–water partition coefficient (Wildman–Crippen LogP) is 2.98. The van der Waals surface area contributed by atoms with Crippen LogP contribution in [0.25, 0.3) is 0 Å². The Balaban J connectivity index is 1.99. The molecule has 0 aromatic carbocycles. The number of aliphatic hydroxyl groups is 1. The maximum absolute atomic E-state index is 12.4. The number of nitrogens with one attached hydrogen (secondary N) is 2. The number of hydrogen-bond donors (Lipinski definition) is 3. The molecule has 1 heterocycles. The molecule has 1 saturated carbocycles. The minimum Gasteiger partial charge on any atom is -0.396 e. The Kier molecular flexibility index (Phi) is 6.45. The molecule has 6 heteroatoms. The lowest BCUT2D eigenvalue weighted by Gasteiger charge is -2.26. The SMILES string of the molecule is CCC(NC(=O)NC1CCCCCC1CO)c1c(C)noc1C. The summed E-state index contributed by atoms with van der Waals surface area (Å²) in [5, 5.41) is 19.6. The quantitative estimate of drug-likeness (QED) is 0.727. The van der Waals surface area contributed by atoms with Gasteiger partial charge < -0.3 is 20.3 Å². The van der Waals surface area contributed by atoms with Crippen LogP contribution in [-0.2, 0) is 0 Å². The number of urea groups is 1. The van der Waals surface area contributed by atoms with Crippen LogP contribution < -0.4 is 10.6 Å². The van der Waals surface area contributed by atoms with E-state index in [1.165, 1.54) is 6.42 Å². The van der Waals surface area contributed by atoms with Crippen molar-refractivity contribution in [3.8, 4) is 0 Å². The van der Waals surface area contributed by atoms with E-state index in [4.69, 9.17) is 4.52 Å². The first kappa shape index (κ1) is 17.8. The van der Waals surface area contributed by atoms with Gasteiger partial charge in [-0.2, -0.15) is 0 Å². The zero-order chi connectivity index (χ0) is 16.8. The summed E-state index contributed by atoms with van der Waals surface area (Å²) in [6, 6.07) is -0.244. The van der Waals surface area contributed by atoms with Gasteiger partial charge in [0, 0.05) is 24.1 Å². The van der Waals surface area contributed by atoms with Gasteiger partial charge in [0.15, 0.2) is 0 Å². The molecule has 0 aliphatic heterocycles. The van der Waals surface area contributed by atoms with Crippen LogP contribution in [0.5, 0.6) is 0 Å². The van der Waals surface area contributed by atoms with Crippen LogP contribution in [0.2, 0.25) is 0 Å². The molecule has 0 spiro atoms. The van der Waals surface area contributed by atoms with Crippen molar-refractivity contribution in [1.29, 1.82) is 0 Å². The van der Waals surface area contributed by atoms with Crippen LogP contribution in [0.3, 0.4) is 0 Å². The van der Waals surface area contributed by atoms with Crippen molar-refractivity contribution in [3.05, 3.63) is 17.0 Å². The third kappa shape index (κ3) is 4.47. The minimum atomic E-state index is -0.179. The minimum absolute atomic E-state index is 0.0460. The smallest absolute Gasteiger partial charge is 0.315 e. The van der Waals surface area contributed by atoms with Gasteiger partial charge >= 0.3 is 6.03 Å². The second-order valence-corrected chi connectivity index (χ2v) is 6.50. The molecular formula is C17H29N3O3. The van der Waals surface area contributed by atoms with Crippen LogP contribution in [0.4, 0.5) is 4.79 Å². The molecule has 2 amide bonds. The van der Waals surface area contributed by atoms with E-state index in [2.05, 4.69) is 15.8 Å². The Bertz CT molecular complexity index is 496. The fraction of sp³-hybridized carbons (Fsp3) is 0.765. The molecule has 0 saturated heterocycles. The summed E-state index contributed by atoms with van der Waals surface area (Å²) in [7, 11) is 0. The topological polar surface area (TPSA) is 87.4 Å². The van der Waals surface area contributed by atoms with E-state index in [1.54, 1.807) is 0 Å². The van der Waals surface area contributed by atoms with Crippen LogP contribution in [0, 0.1) is 19.8 Å². The molecule has 2 rings (SSSR count). The number of aryl methyl sites for hydroxylation is 2. The third-order valence-electron chi connectivity index (χ3n) is 4.86. The zero-order valence-electron chi connectivity index (χ0n) is 14.4. The van der Waals surface area contributed by atoms with Gasteiger partial charge in [-0.1, -0.05) is 31.3 Å². The number of nitrogens with zero attached hydrogens (tertiary/aromatic N) is 1. The van der Waals surface area contributed by atoms with Crippen LogP contribution in [0.1, 0.15) is 68.5 Å². The van der Waals surface area contributed by atoms with E-state index < -0.39 is 0 Å². The Hall–Kier alpha value is -1.56. The Morgan fingerprint density at radius 1 is 1.35 bits per heavy atom. The van der Waals surface area contributed by atoms with E-state index in [0.717, 1.165) is 49.1 Å². The van der Waals surface area contributed by atoms with Crippen molar-refractivity contribution in [2.75, 3.05) is 6.61 Å². The molecule has 3 atom stereocenters. The highest BCUT2D eigenvalue weighted by Gasteiger charge is 2.26. The summed E-state index contributed by atoms with van der Waals surface area (Å²) >= 11 is 0. The van der Waals surface area contributed by atoms with Gasteiger partial charge in [0.25, 0.3) is 0 Å². The van der Waals surface area contributed by atoms with E-state index >= 15 is 0 Å². The number of hydrogen-bond acceptors (Lipinski definition) is 4. The third-order valence-corrected chi connectivity index (χ3v) is 4.86. The lowest BCUT2D eigenvalue weighted by Crippen LogP contribution is -2.47. The first-order chi connectivity index (χ1) is 11.1. The second kappa shape index (κ2) is 8.34. The average Bonchev–Trinajstić information content (AvgIpc) is 2.74. The fourth-order valence-electron chi connectivity index (χ4n) is 3.53. The van der Waals surface area contributed by atoms with Crippen molar-refractivity contribution < 1.29 is 14.4 Å². The lowest BCUT2D eigenvalue weighted by molar-refractivity contribution is 0.178. The summed E-state index contributed by atoms with van der Waals surface area (Å²) in [5.41, 5.74) is 1.78. The highest BCUT2D eigenvalue weighted by molar-refractivity contribution is 5.75. The first-order valence-corrected chi connectivity index (χ1v) is 8.67. The maximum Gasteiger partial charge on any atom is 0.315 e. The molecule has 1 fully saturated rings. The predicted molar refractivity (Wildman–Crippen MR) is 88.1 cm³/mol. The Labute approximate surface area is 138 Å². The van der Waals surface area contributed by atoms with Crippen molar-refractivity contribution in [2.24, 2.45) is 5.92 Å². The normalized spacial score (nSPS) is 23.1. The fourth-order valence-corrected chi connectivity index (χ4v) is 3.53. The Morgan fingerprint density at radius 3 is 2.70 bits per heavy atom. The highest BCUT2D eigenvalue weighted by atomic mass is 16.5. The molecule has 1 aromatic heterocycles. The summed E-state index contributed by atoms with van der Waals surface area (Å²) in [5.74, 6) is 0.903. The number of amides is 2. The number of carbonyl (C=O) groups excluding carboxylic acids is 1. The monoisotopic (exact) mass is 323 g/mol. The van der Waals surface area contributed by atoms with Crippen molar-refractivity contribution in [1.82, 2.24) is 15.8 Å². The van der Waals surface area contributed by atoms with E-state index in [0.29, 0.717) is 0 Å². The van der Waals surface area contributed by atoms with Gasteiger partial charge in [-0.3, -0.25) is 0 Å². The van der Waals surface area contributed by atoms with Crippen molar-refractivity contribution >= 4 is 6.03 Å². The van der Waals surface area contributed by atoms with E-state index in [1.807, 2.05) is 20.8 Å². The molecule has 6 nitrogen and oxygen atoms in total. The van der Waals surface area contributed by atoms with Gasteiger partial charge in [-0.05, 0) is 33.1 Å². The standard InChI is InChI=1S/C17H29N3O3/c1-4-14(16-11(2)20-23-12(16)3)18-17(22)19-15-9-7-5-6-8-13(15)10-21/h13-15,21H,4-10H2,1-3H3,(H2,18,19,22). The van der Waals surface area contributed by atoms with Gasteiger partial charge in [0.2, 0.25) is 0 Å². The number of aliphatic hydroxyl groups excluding tert-OH is 1. The number of aromatic nitrogens is 1. The van der Waals surface area contributed by atoms with Gasteiger partial charge in [0.1, 0.15) is 5.76 Å². The molecule has 3 unspecified atom stereocenters. The molecule has 0 radical (unpaired) electrons. The average molecular weight is 323 g/mol. The van der Waals surface area contributed by atoms with Gasteiger partial charge in [-0.25, -0.2) is 4.79 Å². The molecule has 23 heavy (non-hydrogen) atoms. The molecule has 1 aliphatic carbocycles. The van der Waals surface area contributed by atoms with Crippen molar-refractivity contribution in [3.63, 3.8) is 0 Å².